The van der Waals surface area contributed by atoms with Crippen LogP contribution in [0.4, 0.5) is 0 Å². The van der Waals surface area contributed by atoms with E-state index >= 15 is 0 Å². The summed E-state index contributed by atoms with van der Waals surface area (Å²) >= 11 is 5.86. The highest BCUT2D eigenvalue weighted by molar-refractivity contribution is 6.30. The minimum atomic E-state index is -0.377. The van der Waals surface area contributed by atoms with Crippen LogP contribution >= 0.6 is 11.6 Å². The van der Waals surface area contributed by atoms with Crippen molar-refractivity contribution in [2.45, 2.75) is 19.8 Å². The second-order valence-electron chi connectivity index (χ2n) is 5.65. The fourth-order valence-electron chi connectivity index (χ4n) is 2.13. The Morgan fingerprint density at radius 3 is 2.78 bits per heavy atom. The Kier molecular flexibility index (Phi) is 8.45. The van der Waals surface area contributed by atoms with Crippen LogP contribution in [0.5, 0.6) is 17.2 Å². The number of carbonyl (C=O) groups excluding carboxylic acids is 1. The van der Waals surface area contributed by atoms with E-state index in [2.05, 4.69) is 17.5 Å². The van der Waals surface area contributed by atoms with Crippen molar-refractivity contribution < 1.29 is 19.0 Å². The molecule has 0 saturated carbocycles. The van der Waals surface area contributed by atoms with Gasteiger partial charge in [0.1, 0.15) is 5.75 Å². The van der Waals surface area contributed by atoms with Gasteiger partial charge < -0.3 is 14.2 Å². The summed E-state index contributed by atoms with van der Waals surface area (Å²) in [5, 5.41) is 4.47. The second kappa shape index (κ2) is 11.1. The number of halogens is 1. The molecule has 0 fully saturated rings. The average Bonchev–Trinajstić information content (AvgIpc) is 2.67. The van der Waals surface area contributed by atoms with Crippen molar-refractivity contribution in [3.8, 4) is 17.2 Å². The molecule has 0 aliphatic heterocycles. The van der Waals surface area contributed by atoms with Gasteiger partial charge in [-0.1, -0.05) is 31.0 Å². The molecule has 0 aromatic heterocycles. The van der Waals surface area contributed by atoms with E-state index in [0.717, 1.165) is 18.4 Å². The van der Waals surface area contributed by atoms with E-state index in [-0.39, 0.29) is 12.5 Å². The first-order valence-electron chi connectivity index (χ1n) is 8.63. The summed E-state index contributed by atoms with van der Waals surface area (Å²) in [6.45, 7) is 2.59. The fourth-order valence-corrected chi connectivity index (χ4v) is 2.31. The number of hydrazone groups is 1. The number of hydrogen-bond donors (Lipinski definition) is 1. The zero-order valence-electron chi connectivity index (χ0n) is 15.4. The molecule has 0 unspecified atom stereocenters. The molecule has 0 spiro atoms. The number of nitrogens with zero attached hydrogens (tertiary/aromatic N) is 1. The number of benzene rings is 2. The molecule has 6 nitrogen and oxygen atoms in total. The molecule has 0 radical (unpaired) electrons. The predicted molar refractivity (Wildman–Crippen MR) is 106 cm³/mol. The molecular formula is C20H23ClN2O4. The molecular weight excluding hydrogens is 368 g/mol. The van der Waals surface area contributed by atoms with Gasteiger partial charge >= 0.3 is 0 Å². The van der Waals surface area contributed by atoms with Crippen LogP contribution in [0.1, 0.15) is 25.3 Å². The number of ether oxygens (including phenoxy) is 3. The minimum absolute atomic E-state index is 0.161. The lowest BCUT2D eigenvalue weighted by Crippen LogP contribution is -2.24. The van der Waals surface area contributed by atoms with E-state index in [1.165, 1.54) is 6.21 Å². The minimum Gasteiger partial charge on any atom is -0.493 e. The quantitative estimate of drug-likeness (QED) is 0.377. The average molecular weight is 391 g/mol. The predicted octanol–water partition coefficient (Wildman–Crippen LogP) is 4.06. The van der Waals surface area contributed by atoms with Gasteiger partial charge in [-0.3, -0.25) is 4.79 Å². The Labute approximate surface area is 164 Å². The molecule has 0 aliphatic carbocycles. The zero-order chi connectivity index (χ0) is 19.5. The lowest BCUT2D eigenvalue weighted by molar-refractivity contribution is -0.123. The maximum Gasteiger partial charge on any atom is 0.277 e. The Morgan fingerprint density at radius 2 is 2.04 bits per heavy atom. The van der Waals surface area contributed by atoms with Gasteiger partial charge in [-0.15, -0.1) is 0 Å². The lowest BCUT2D eigenvalue weighted by atomic mass is 10.2. The molecule has 2 aromatic carbocycles. The zero-order valence-corrected chi connectivity index (χ0v) is 16.2. The van der Waals surface area contributed by atoms with Crippen molar-refractivity contribution in [1.29, 1.82) is 0 Å². The van der Waals surface area contributed by atoms with Crippen molar-refractivity contribution in [2.24, 2.45) is 5.10 Å². The number of methoxy groups -OCH3 is 1. The number of unbranched alkanes of at least 4 members (excludes halogenated alkanes) is 1. The van der Waals surface area contributed by atoms with E-state index in [1.54, 1.807) is 37.4 Å². The van der Waals surface area contributed by atoms with Gasteiger partial charge in [-0.25, -0.2) is 5.43 Å². The highest BCUT2D eigenvalue weighted by atomic mass is 35.5. The Bertz CT molecular complexity index is 780. The Balaban J connectivity index is 1.84. The smallest absolute Gasteiger partial charge is 0.277 e. The molecule has 144 valence electrons. The standard InChI is InChI=1S/C20H23ClN2O4/c1-3-4-10-26-18-9-8-15(11-19(18)25-2)13-22-23-20(24)14-27-17-7-5-6-16(21)12-17/h5-9,11-13H,3-4,10,14H2,1-2H3,(H,23,24)/b22-13+. The topological polar surface area (TPSA) is 69.2 Å². The van der Waals surface area contributed by atoms with Gasteiger partial charge in [-0.2, -0.15) is 5.10 Å². The molecule has 0 atom stereocenters. The molecule has 0 saturated heterocycles. The van der Waals surface area contributed by atoms with Crippen LogP contribution in [-0.4, -0.2) is 32.4 Å². The number of carbonyl (C=O) groups is 1. The SMILES string of the molecule is CCCCOc1ccc(/C=N/NC(=O)COc2cccc(Cl)c2)cc1OC. The van der Waals surface area contributed by atoms with Crippen molar-refractivity contribution in [2.75, 3.05) is 20.3 Å². The Hall–Kier alpha value is -2.73. The third-order valence-corrected chi connectivity index (χ3v) is 3.75. The number of hydrogen-bond acceptors (Lipinski definition) is 5. The van der Waals surface area contributed by atoms with Gasteiger partial charge in [0.2, 0.25) is 0 Å². The van der Waals surface area contributed by atoms with Crippen LogP contribution in [0.2, 0.25) is 5.02 Å². The molecule has 2 aromatic rings. The summed E-state index contributed by atoms with van der Waals surface area (Å²) in [4.78, 5) is 11.8. The van der Waals surface area contributed by atoms with Gasteiger partial charge in [0.05, 0.1) is 19.9 Å². The third kappa shape index (κ3) is 7.19. The molecule has 27 heavy (non-hydrogen) atoms. The normalized spacial score (nSPS) is 10.6. The largest absolute Gasteiger partial charge is 0.493 e. The lowest BCUT2D eigenvalue weighted by Gasteiger charge is -2.10. The summed E-state index contributed by atoms with van der Waals surface area (Å²) in [5.41, 5.74) is 3.18. The highest BCUT2D eigenvalue weighted by Crippen LogP contribution is 2.27. The van der Waals surface area contributed by atoms with Crippen LogP contribution in [-0.2, 0) is 4.79 Å². The maximum absolute atomic E-state index is 11.8. The summed E-state index contributed by atoms with van der Waals surface area (Å²) in [6.07, 6.45) is 3.57. The van der Waals surface area contributed by atoms with Crippen molar-refractivity contribution in [3.05, 3.63) is 53.1 Å². The summed E-state index contributed by atoms with van der Waals surface area (Å²) < 4.78 is 16.4. The summed E-state index contributed by atoms with van der Waals surface area (Å²) in [7, 11) is 1.58. The van der Waals surface area contributed by atoms with Crippen LogP contribution in [0.15, 0.2) is 47.6 Å². The summed E-state index contributed by atoms with van der Waals surface area (Å²) in [6, 6.07) is 12.3. The highest BCUT2D eigenvalue weighted by Gasteiger charge is 2.05. The van der Waals surface area contributed by atoms with Crippen LogP contribution < -0.4 is 19.6 Å². The number of rotatable bonds is 10. The molecule has 0 heterocycles. The first-order chi connectivity index (χ1) is 13.1. The van der Waals surface area contributed by atoms with E-state index in [0.29, 0.717) is 28.9 Å². The van der Waals surface area contributed by atoms with Crippen molar-refractivity contribution in [3.63, 3.8) is 0 Å². The molecule has 1 amide bonds. The maximum atomic E-state index is 11.8. The third-order valence-electron chi connectivity index (χ3n) is 3.51. The fraction of sp³-hybridized carbons (Fsp3) is 0.300. The van der Waals surface area contributed by atoms with E-state index in [4.69, 9.17) is 25.8 Å². The van der Waals surface area contributed by atoms with Gasteiger partial charge in [-0.05, 0) is 48.4 Å². The van der Waals surface area contributed by atoms with Crippen LogP contribution in [0, 0.1) is 0 Å². The van der Waals surface area contributed by atoms with Crippen molar-refractivity contribution in [1.82, 2.24) is 5.43 Å². The van der Waals surface area contributed by atoms with E-state index in [1.807, 2.05) is 12.1 Å². The number of amides is 1. The number of nitrogens with one attached hydrogen (secondary N) is 1. The first-order valence-corrected chi connectivity index (χ1v) is 9.01. The monoisotopic (exact) mass is 390 g/mol. The van der Waals surface area contributed by atoms with Gasteiger partial charge in [0, 0.05) is 5.02 Å². The van der Waals surface area contributed by atoms with Gasteiger partial charge in [0.15, 0.2) is 18.1 Å². The van der Waals surface area contributed by atoms with E-state index in [9.17, 15) is 4.79 Å². The van der Waals surface area contributed by atoms with Crippen LogP contribution in [0.3, 0.4) is 0 Å². The second-order valence-corrected chi connectivity index (χ2v) is 6.09. The molecule has 2 rings (SSSR count). The van der Waals surface area contributed by atoms with Crippen LogP contribution in [0.25, 0.3) is 0 Å². The Morgan fingerprint density at radius 1 is 1.19 bits per heavy atom. The van der Waals surface area contributed by atoms with E-state index < -0.39 is 0 Å². The van der Waals surface area contributed by atoms with Gasteiger partial charge in [0.25, 0.3) is 5.91 Å². The molecule has 0 aliphatic rings. The molecule has 0 bridgehead atoms. The molecule has 1 N–H and O–H groups in total. The summed E-state index contributed by atoms with van der Waals surface area (Å²) in [5.74, 6) is 1.44. The first kappa shape index (κ1) is 20.6. The molecule has 7 heteroatoms. The van der Waals surface area contributed by atoms with Crippen molar-refractivity contribution >= 4 is 23.7 Å².